The molecule has 0 saturated carbocycles. The first-order valence-electron chi connectivity index (χ1n) is 8.99. The zero-order valence-electron chi connectivity index (χ0n) is 15.8. The van der Waals surface area contributed by atoms with E-state index in [0.29, 0.717) is 10.7 Å². The van der Waals surface area contributed by atoms with Crippen LogP contribution in [0.1, 0.15) is 19.2 Å². The van der Waals surface area contributed by atoms with Gasteiger partial charge in [-0.15, -0.1) is 0 Å². The predicted molar refractivity (Wildman–Crippen MR) is 106 cm³/mol. The molecule has 0 aliphatic rings. The lowest BCUT2D eigenvalue weighted by Crippen LogP contribution is -2.30. The number of amides is 1. The summed E-state index contributed by atoms with van der Waals surface area (Å²) < 4.78 is 38.0. The van der Waals surface area contributed by atoms with Gasteiger partial charge in [-0.3, -0.25) is 9.59 Å². The normalized spacial score (nSPS) is 11.7. The van der Waals surface area contributed by atoms with Crippen LogP contribution in [0.3, 0.4) is 0 Å². The van der Waals surface area contributed by atoms with Crippen molar-refractivity contribution in [2.75, 3.05) is 5.32 Å². The molecule has 3 aromatic rings. The largest absolute Gasteiger partial charge is 0.453 e. The van der Waals surface area contributed by atoms with Crippen molar-refractivity contribution in [2.45, 2.75) is 25.9 Å². The van der Waals surface area contributed by atoms with Crippen molar-refractivity contribution >= 4 is 29.2 Å². The molecule has 0 saturated heterocycles. The van der Waals surface area contributed by atoms with Crippen molar-refractivity contribution in [3.8, 4) is 11.3 Å². The average molecular weight is 435 g/mol. The van der Waals surface area contributed by atoms with Crippen molar-refractivity contribution in [1.82, 2.24) is 4.98 Å². The van der Waals surface area contributed by atoms with Crippen molar-refractivity contribution in [3.05, 3.63) is 71.2 Å². The number of ether oxygens (including phenoxy) is 1. The van der Waals surface area contributed by atoms with Crippen LogP contribution in [0.15, 0.2) is 53.1 Å². The Labute approximate surface area is 175 Å². The Morgan fingerprint density at radius 2 is 1.87 bits per heavy atom. The summed E-state index contributed by atoms with van der Waals surface area (Å²) in [7, 11) is 0. The molecule has 0 aliphatic carbocycles. The number of benzene rings is 2. The molecule has 1 N–H and O–H groups in total. The SMILES string of the molecule is CC(OC(=O)CCc1ncc(-c2c(F)cccc2F)o1)C(=O)Nc1ccccc1Cl. The van der Waals surface area contributed by atoms with Crippen LogP contribution in [0.5, 0.6) is 0 Å². The van der Waals surface area contributed by atoms with Gasteiger partial charge in [-0.25, -0.2) is 13.8 Å². The number of esters is 1. The smallest absolute Gasteiger partial charge is 0.307 e. The highest BCUT2D eigenvalue weighted by Crippen LogP contribution is 2.27. The van der Waals surface area contributed by atoms with Crippen molar-refractivity contribution in [2.24, 2.45) is 0 Å². The van der Waals surface area contributed by atoms with Gasteiger partial charge in [-0.05, 0) is 31.2 Å². The summed E-state index contributed by atoms with van der Waals surface area (Å²) in [4.78, 5) is 28.1. The van der Waals surface area contributed by atoms with E-state index in [4.69, 9.17) is 20.8 Å². The fraction of sp³-hybridized carbons (Fsp3) is 0.190. The van der Waals surface area contributed by atoms with E-state index < -0.39 is 29.6 Å². The number of hydrogen-bond donors (Lipinski definition) is 1. The first-order chi connectivity index (χ1) is 14.3. The van der Waals surface area contributed by atoms with E-state index >= 15 is 0 Å². The number of halogens is 3. The second-order valence-electron chi connectivity index (χ2n) is 6.32. The molecule has 6 nitrogen and oxygen atoms in total. The topological polar surface area (TPSA) is 81.4 Å². The Bertz CT molecular complexity index is 1050. The van der Waals surface area contributed by atoms with Gasteiger partial charge in [0.1, 0.15) is 11.6 Å². The lowest BCUT2D eigenvalue weighted by molar-refractivity contribution is -0.153. The van der Waals surface area contributed by atoms with Gasteiger partial charge in [-0.1, -0.05) is 29.8 Å². The molecule has 30 heavy (non-hydrogen) atoms. The lowest BCUT2D eigenvalue weighted by Gasteiger charge is -2.14. The number of nitrogens with zero attached hydrogens (tertiary/aromatic N) is 1. The standard InChI is InChI=1S/C21H17ClF2N2O4/c1-12(21(28)26-16-8-3-2-5-13(16)22)29-19(27)10-9-18-25-11-17(30-18)20-14(23)6-4-7-15(20)24/h2-8,11-12H,9-10H2,1H3,(H,26,28). The van der Waals surface area contributed by atoms with Crippen LogP contribution < -0.4 is 5.32 Å². The quantitative estimate of drug-likeness (QED) is 0.541. The number of para-hydroxylation sites is 1. The number of carbonyl (C=O) groups is 2. The monoisotopic (exact) mass is 434 g/mol. The van der Waals surface area contributed by atoms with E-state index in [1.807, 2.05) is 0 Å². The third kappa shape index (κ3) is 5.21. The highest BCUT2D eigenvalue weighted by atomic mass is 35.5. The summed E-state index contributed by atoms with van der Waals surface area (Å²) in [6, 6.07) is 10.1. The second-order valence-corrected chi connectivity index (χ2v) is 6.72. The molecular weight excluding hydrogens is 418 g/mol. The molecule has 0 bridgehead atoms. The van der Waals surface area contributed by atoms with Gasteiger partial charge in [-0.2, -0.15) is 0 Å². The number of rotatable bonds is 7. The van der Waals surface area contributed by atoms with E-state index in [0.717, 1.165) is 12.1 Å². The van der Waals surface area contributed by atoms with Gasteiger partial charge in [0.05, 0.1) is 28.9 Å². The molecule has 0 spiro atoms. The molecule has 156 valence electrons. The van der Waals surface area contributed by atoms with E-state index in [9.17, 15) is 18.4 Å². The first-order valence-corrected chi connectivity index (χ1v) is 9.37. The molecule has 9 heteroatoms. The summed E-state index contributed by atoms with van der Waals surface area (Å²) in [6.45, 7) is 1.42. The summed E-state index contributed by atoms with van der Waals surface area (Å²) in [6.07, 6.45) is 0.0281. The predicted octanol–water partition coefficient (Wildman–Crippen LogP) is 4.78. The van der Waals surface area contributed by atoms with Crippen LogP contribution in [-0.2, 0) is 20.7 Å². The van der Waals surface area contributed by atoms with Crippen molar-refractivity contribution in [1.29, 1.82) is 0 Å². The minimum absolute atomic E-state index is 0.0355. The van der Waals surface area contributed by atoms with Crippen molar-refractivity contribution in [3.63, 3.8) is 0 Å². The number of nitrogens with one attached hydrogen (secondary N) is 1. The maximum Gasteiger partial charge on any atom is 0.307 e. The fourth-order valence-electron chi connectivity index (χ4n) is 2.59. The first kappa shape index (κ1) is 21.4. The van der Waals surface area contributed by atoms with E-state index in [2.05, 4.69) is 10.3 Å². The molecule has 1 aromatic heterocycles. The Kier molecular flexibility index (Phi) is 6.79. The number of hydrogen-bond acceptors (Lipinski definition) is 5. The molecule has 2 aromatic carbocycles. The van der Waals surface area contributed by atoms with Crippen LogP contribution in [0.25, 0.3) is 11.3 Å². The highest BCUT2D eigenvalue weighted by Gasteiger charge is 2.20. The summed E-state index contributed by atoms with van der Waals surface area (Å²) in [5, 5.41) is 2.93. The molecule has 0 radical (unpaired) electrons. The van der Waals surface area contributed by atoms with Gasteiger partial charge in [0.15, 0.2) is 17.8 Å². The van der Waals surface area contributed by atoms with Crippen LogP contribution in [0, 0.1) is 11.6 Å². The number of aromatic nitrogens is 1. The van der Waals surface area contributed by atoms with Crippen LogP contribution >= 0.6 is 11.6 Å². The summed E-state index contributed by atoms with van der Waals surface area (Å²) in [5.74, 6) is -2.73. The maximum absolute atomic E-state index is 13.8. The van der Waals surface area contributed by atoms with Crippen molar-refractivity contribution < 1.29 is 27.5 Å². The number of oxazole rings is 1. The van der Waals surface area contributed by atoms with E-state index in [1.165, 1.54) is 19.2 Å². The third-order valence-electron chi connectivity index (χ3n) is 4.11. The van der Waals surface area contributed by atoms with E-state index in [1.54, 1.807) is 24.3 Å². The molecule has 0 aliphatic heterocycles. The molecule has 0 fully saturated rings. The minimum Gasteiger partial charge on any atom is -0.453 e. The summed E-state index contributed by atoms with van der Waals surface area (Å²) in [5.41, 5.74) is 0.0726. The fourth-order valence-corrected chi connectivity index (χ4v) is 2.77. The lowest BCUT2D eigenvalue weighted by atomic mass is 10.1. The van der Waals surface area contributed by atoms with Crippen LogP contribution in [0.4, 0.5) is 14.5 Å². The molecule has 1 heterocycles. The Balaban J connectivity index is 1.53. The zero-order chi connectivity index (χ0) is 21.7. The number of carbonyl (C=O) groups excluding carboxylic acids is 2. The number of aryl methyl sites for hydroxylation is 1. The Morgan fingerprint density at radius 3 is 2.57 bits per heavy atom. The minimum atomic E-state index is -1.05. The Morgan fingerprint density at radius 1 is 1.17 bits per heavy atom. The van der Waals surface area contributed by atoms with Crippen LogP contribution in [0.2, 0.25) is 5.02 Å². The molecule has 1 atom stereocenters. The molecule has 1 unspecified atom stereocenters. The van der Waals surface area contributed by atoms with Gasteiger partial charge < -0.3 is 14.5 Å². The van der Waals surface area contributed by atoms with Gasteiger partial charge >= 0.3 is 5.97 Å². The molecular formula is C21H17ClF2N2O4. The zero-order valence-corrected chi connectivity index (χ0v) is 16.6. The molecule has 3 rings (SSSR count). The van der Waals surface area contributed by atoms with Crippen LogP contribution in [-0.4, -0.2) is 23.0 Å². The Hall–Kier alpha value is -3.26. The molecule has 1 amide bonds. The second kappa shape index (κ2) is 9.49. The summed E-state index contributed by atoms with van der Waals surface area (Å²) >= 11 is 5.98. The highest BCUT2D eigenvalue weighted by molar-refractivity contribution is 6.33. The van der Waals surface area contributed by atoms with Gasteiger partial charge in [0.25, 0.3) is 5.91 Å². The number of anilines is 1. The third-order valence-corrected chi connectivity index (χ3v) is 4.44. The maximum atomic E-state index is 13.8. The van der Waals surface area contributed by atoms with Gasteiger partial charge in [0, 0.05) is 6.42 Å². The van der Waals surface area contributed by atoms with Gasteiger partial charge in [0.2, 0.25) is 0 Å². The van der Waals surface area contributed by atoms with E-state index in [-0.39, 0.29) is 30.1 Å². The average Bonchev–Trinajstić information content (AvgIpc) is 3.16.